The van der Waals surface area contributed by atoms with E-state index >= 15 is 0 Å². The van der Waals surface area contributed by atoms with Gasteiger partial charge in [-0.3, -0.25) is 4.79 Å². The third-order valence-electron chi connectivity index (χ3n) is 8.86. The Hall–Kier alpha value is -3.78. The summed E-state index contributed by atoms with van der Waals surface area (Å²) in [6, 6.07) is 14.2. The summed E-state index contributed by atoms with van der Waals surface area (Å²) in [6.07, 6.45) is 8.94. The average Bonchev–Trinajstić information content (AvgIpc) is 3.70. The van der Waals surface area contributed by atoms with Crippen molar-refractivity contribution in [3.05, 3.63) is 77.4 Å². The van der Waals surface area contributed by atoms with Gasteiger partial charge >= 0.3 is 0 Å². The van der Waals surface area contributed by atoms with E-state index in [9.17, 15) is 9.18 Å². The number of benzene rings is 2. The molecular formula is C34H40FN5O2. The fourth-order valence-corrected chi connectivity index (χ4v) is 5.88. The topological polar surface area (TPSA) is 71.8 Å². The second-order valence-corrected chi connectivity index (χ2v) is 12.1. The van der Waals surface area contributed by atoms with E-state index in [0.29, 0.717) is 34.8 Å². The Morgan fingerprint density at radius 3 is 2.64 bits per heavy atom. The molecule has 1 aliphatic carbocycles. The van der Waals surface area contributed by atoms with Crippen molar-refractivity contribution in [1.29, 1.82) is 0 Å². The lowest BCUT2D eigenvalue weighted by atomic mass is 9.89. The van der Waals surface area contributed by atoms with Crippen LogP contribution in [0.15, 0.2) is 54.7 Å². The van der Waals surface area contributed by atoms with Gasteiger partial charge in [0.1, 0.15) is 11.6 Å². The predicted octanol–water partition coefficient (Wildman–Crippen LogP) is 7.14. The molecule has 1 saturated carbocycles. The number of hydrogen-bond acceptors (Lipinski definition) is 5. The molecule has 1 amide bonds. The fourth-order valence-electron chi connectivity index (χ4n) is 5.88. The van der Waals surface area contributed by atoms with Crippen LogP contribution in [-0.2, 0) is 0 Å². The average molecular weight is 570 g/mol. The number of aromatic nitrogens is 3. The molecule has 2 unspecified atom stereocenters. The van der Waals surface area contributed by atoms with Crippen molar-refractivity contribution in [3.8, 4) is 22.8 Å². The molecule has 1 N–H and O–H groups in total. The summed E-state index contributed by atoms with van der Waals surface area (Å²) in [7, 11) is 0. The molecule has 0 spiro atoms. The number of rotatable bonds is 10. The molecule has 1 aliphatic heterocycles. The maximum absolute atomic E-state index is 14.0. The summed E-state index contributed by atoms with van der Waals surface area (Å²) in [5, 5.41) is 7.87. The maximum Gasteiger partial charge on any atom is 0.251 e. The largest absolute Gasteiger partial charge is 0.439 e. The van der Waals surface area contributed by atoms with Crippen LogP contribution in [-0.4, -0.2) is 51.1 Å². The Balaban J connectivity index is 1.33. The van der Waals surface area contributed by atoms with E-state index < -0.39 is 0 Å². The number of fused-ring (bicyclic) bond motifs is 1. The van der Waals surface area contributed by atoms with Crippen molar-refractivity contribution in [3.63, 3.8) is 0 Å². The van der Waals surface area contributed by atoms with Crippen LogP contribution in [0.4, 0.5) is 4.39 Å². The lowest BCUT2D eigenvalue weighted by Gasteiger charge is -2.29. The number of carbonyl (C=O) groups excluding carboxylic acids is 1. The lowest BCUT2D eigenvalue weighted by Crippen LogP contribution is -2.31. The van der Waals surface area contributed by atoms with Gasteiger partial charge < -0.3 is 15.0 Å². The first-order chi connectivity index (χ1) is 20.4. The van der Waals surface area contributed by atoms with Gasteiger partial charge in [-0.1, -0.05) is 38.5 Å². The second kappa shape index (κ2) is 12.2. The Labute approximate surface area is 247 Å². The van der Waals surface area contributed by atoms with Gasteiger partial charge in [-0.25, -0.2) is 8.91 Å². The van der Waals surface area contributed by atoms with Crippen LogP contribution in [0.3, 0.4) is 0 Å². The summed E-state index contributed by atoms with van der Waals surface area (Å²) in [4.78, 5) is 20.2. The fraction of sp³-hybridized carbons (Fsp3) is 0.441. The first kappa shape index (κ1) is 28.3. The highest BCUT2D eigenvalue weighted by Gasteiger charge is 2.26. The highest BCUT2D eigenvalue weighted by Crippen LogP contribution is 2.34. The SMILES string of the molecule is Cc1cc(-c2cnn3c(C(C)C(C)CCN4CCCCC4)cc(Oc4cccc(F)c4)nc23)ccc1C(=O)NC1CC1. The zero-order valence-corrected chi connectivity index (χ0v) is 24.8. The standard InChI is InChI=1S/C34H40FN5O2/c1-22(14-17-39-15-5-4-6-16-39)24(3)31-20-32(42-28-9-7-8-26(35)19-28)38-33-30(21-36-40(31)33)25-10-13-29(23(2)18-25)34(41)37-27-11-12-27/h7-10,13,18-22,24,27H,4-6,11-12,14-17H2,1-3H3,(H,37,41). The van der Waals surface area contributed by atoms with Crippen molar-refractivity contribution in [2.45, 2.75) is 71.3 Å². The number of nitrogens with one attached hydrogen (secondary N) is 1. The molecular weight excluding hydrogens is 529 g/mol. The van der Waals surface area contributed by atoms with Gasteiger partial charge in [-0.2, -0.15) is 10.1 Å². The summed E-state index contributed by atoms with van der Waals surface area (Å²) >= 11 is 0. The highest BCUT2D eigenvalue weighted by atomic mass is 19.1. The number of hydrogen-bond donors (Lipinski definition) is 1. The van der Waals surface area contributed by atoms with Crippen LogP contribution in [0.2, 0.25) is 0 Å². The molecule has 2 fully saturated rings. The predicted molar refractivity (Wildman–Crippen MR) is 163 cm³/mol. The molecule has 2 atom stereocenters. The molecule has 220 valence electrons. The van der Waals surface area contributed by atoms with Crippen LogP contribution in [0, 0.1) is 18.7 Å². The van der Waals surface area contributed by atoms with E-state index in [1.54, 1.807) is 12.1 Å². The van der Waals surface area contributed by atoms with Crippen molar-refractivity contribution >= 4 is 11.6 Å². The number of aryl methyl sites for hydroxylation is 1. The molecule has 6 rings (SSSR count). The van der Waals surface area contributed by atoms with E-state index in [1.807, 2.05) is 41.9 Å². The number of ether oxygens (including phenoxy) is 1. The Kier molecular flexibility index (Phi) is 8.24. The van der Waals surface area contributed by atoms with Gasteiger partial charge in [0.2, 0.25) is 5.88 Å². The van der Waals surface area contributed by atoms with Gasteiger partial charge in [0.15, 0.2) is 5.65 Å². The summed E-state index contributed by atoms with van der Waals surface area (Å²) in [5.41, 5.74) is 5.03. The Bertz CT molecular complexity index is 1570. The molecule has 7 nitrogen and oxygen atoms in total. The van der Waals surface area contributed by atoms with E-state index in [-0.39, 0.29) is 17.6 Å². The first-order valence-corrected chi connectivity index (χ1v) is 15.3. The smallest absolute Gasteiger partial charge is 0.251 e. The zero-order valence-electron chi connectivity index (χ0n) is 24.8. The van der Waals surface area contributed by atoms with Gasteiger partial charge in [0.05, 0.1) is 11.9 Å². The van der Waals surface area contributed by atoms with Crippen LogP contribution in [0.5, 0.6) is 11.6 Å². The quantitative estimate of drug-likeness (QED) is 0.220. The van der Waals surface area contributed by atoms with E-state index in [0.717, 1.165) is 48.2 Å². The number of piperidine rings is 1. The highest BCUT2D eigenvalue weighted by molar-refractivity contribution is 5.97. The third-order valence-corrected chi connectivity index (χ3v) is 8.86. The monoisotopic (exact) mass is 569 g/mol. The Morgan fingerprint density at radius 1 is 1.10 bits per heavy atom. The molecule has 42 heavy (non-hydrogen) atoms. The molecule has 8 heteroatoms. The second-order valence-electron chi connectivity index (χ2n) is 12.1. The van der Waals surface area contributed by atoms with E-state index in [1.165, 1.54) is 44.5 Å². The van der Waals surface area contributed by atoms with Crippen molar-refractivity contribution in [2.24, 2.45) is 5.92 Å². The van der Waals surface area contributed by atoms with Crippen LogP contribution in [0.1, 0.15) is 79.9 Å². The number of nitrogens with zero attached hydrogens (tertiary/aromatic N) is 4. The van der Waals surface area contributed by atoms with Crippen LogP contribution >= 0.6 is 0 Å². The van der Waals surface area contributed by atoms with Gasteiger partial charge in [-0.05, 0) is 93.9 Å². The van der Waals surface area contributed by atoms with Crippen molar-refractivity contribution < 1.29 is 13.9 Å². The van der Waals surface area contributed by atoms with Crippen LogP contribution in [0.25, 0.3) is 16.8 Å². The van der Waals surface area contributed by atoms with Gasteiger partial charge in [-0.15, -0.1) is 0 Å². The number of likely N-dealkylation sites (tertiary alicyclic amines) is 1. The third kappa shape index (κ3) is 6.33. The lowest BCUT2D eigenvalue weighted by molar-refractivity contribution is 0.0950. The normalized spacial score (nSPS) is 17.2. The molecule has 4 aromatic rings. The van der Waals surface area contributed by atoms with Crippen molar-refractivity contribution in [2.75, 3.05) is 19.6 Å². The van der Waals surface area contributed by atoms with Gasteiger partial charge in [0.25, 0.3) is 5.91 Å². The summed E-state index contributed by atoms with van der Waals surface area (Å²) < 4.78 is 22.0. The number of carbonyl (C=O) groups is 1. The maximum atomic E-state index is 14.0. The molecule has 0 radical (unpaired) electrons. The minimum Gasteiger partial charge on any atom is -0.439 e. The molecule has 2 aliphatic rings. The molecule has 2 aromatic heterocycles. The first-order valence-electron chi connectivity index (χ1n) is 15.3. The van der Waals surface area contributed by atoms with Gasteiger partial charge in [0, 0.05) is 35.2 Å². The number of amides is 1. The minimum absolute atomic E-state index is 0.0278. The molecule has 3 heterocycles. The summed E-state index contributed by atoms with van der Waals surface area (Å²) in [5.74, 6) is 0.986. The molecule has 0 bridgehead atoms. The van der Waals surface area contributed by atoms with Crippen LogP contribution < -0.4 is 10.1 Å². The molecule has 1 saturated heterocycles. The summed E-state index contributed by atoms with van der Waals surface area (Å²) in [6.45, 7) is 9.97. The minimum atomic E-state index is -0.361. The molecule has 2 aromatic carbocycles. The van der Waals surface area contributed by atoms with E-state index in [2.05, 4.69) is 24.1 Å². The van der Waals surface area contributed by atoms with E-state index in [4.69, 9.17) is 14.8 Å². The Morgan fingerprint density at radius 2 is 1.90 bits per heavy atom. The number of halogens is 1. The zero-order chi connectivity index (χ0) is 29.2. The van der Waals surface area contributed by atoms with Crippen molar-refractivity contribution in [1.82, 2.24) is 24.8 Å².